The van der Waals surface area contributed by atoms with Crippen LogP contribution in [-0.4, -0.2) is 42.2 Å². The molecule has 10 heteroatoms. The van der Waals surface area contributed by atoms with Gasteiger partial charge < -0.3 is 14.8 Å². The molecule has 3 amide bonds. The highest BCUT2D eigenvalue weighted by molar-refractivity contribution is 9.10. The number of benzene rings is 2. The quantitative estimate of drug-likeness (QED) is 0.547. The summed E-state index contributed by atoms with van der Waals surface area (Å²) in [6, 6.07) is 9.01. The van der Waals surface area contributed by atoms with E-state index in [1.165, 1.54) is 31.4 Å². The number of methoxy groups -OCH3 is 1. The molecule has 2 aromatic carbocycles. The minimum Gasteiger partial charge on any atom is -0.493 e. The van der Waals surface area contributed by atoms with Gasteiger partial charge in [0.1, 0.15) is 12.4 Å². The van der Waals surface area contributed by atoms with Gasteiger partial charge in [0.25, 0.3) is 11.1 Å². The zero-order valence-electron chi connectivity index (χ0n) is 16.6. The molecule has 7 nitrogen and oxygen atoms in total. The molecular weight excluding hydrogens is 491 g/mol. The molecule has 1 aliphatic heterocycles. The number of rotatable bonds is 7. The maximum absolute atomic E-state index is 13.7. The number of carbonyl (C=O) groups is 3. The van der Waals surface area contributed by atoms with E-state index in [4.69, 9.17) is 9.47 Å². The molecule has 0 aliphatic carbocycles. The van der Waals surface area contributed by atoms with Gasteiger partial charge in [0, 0.05) is 4.47 Å². The van der Waals surface area contributed by atoms with Crippen molar-refractivity contribution in [2.45, 2.75) is 6.92 Å². The molecule has 1 heterocycles. The summed E-state index contributed by atoms with van der Waals surface area (Å²) >= 11 is 4.13. The Balaban J connectivity index is 1.78. The molecule has 0 unspecified atom stereocenters. The molecule has 0 radical (unpaired) electrons. The van der Waals surface area contributed by atoms with Crippen molar-refractivity contribution in [2.24, 2.45) is 0 Å². The molecule has 162 valence electrons. The van der Waals surface area contributed by atoms with Crippen molar-refractivity contribution < 1.29 is 28.2 Å². The number of hydrogen-bond donors (Lipinski definition) is 1. The predicted molar refractivity (Wildman–Crippen MR) is 120 cm³/mol. The Kier molecular flexibility index (Phi) is 7.34. The van der Waals surface area contributed by atoms with Crippen LogP contribution in [0.15, 0.2) is 45.8 Å². The lowest BCUT2D eigenvalue weighted by atomic mass is 10.2. The highest BCUT2D eigenvalue weighted by Gasteiger charge is 2.36. The smallest absolute Gasteiger partial charge is 0.294 e. The summed E-state index contributed by atoms with van der Waals surface area (Å²) in [5.41, 5.74) is 0.575. The number of halogens is 2. The van der Waals surface area contributed by atoms with Crippen LogP contribution in [0.1, 0.15) is 12.5 Å². The second-order valence-corrected chi connectivity index (χ2v) is 8.10. The Labute approximate surface area is 190 Å². The van der Waals surface area contributed by atoms with Crippen LogP contribution in [0.25, 0.3) is 6.08 Å². The Morgan fingerprint density at radius 1 is 1.26 bits per heavy atom. The number of para-hydroxylation sites is 1. The zero-order valence-corrected chi connectivity index (χ0v) is 19.0. The predicted octanol–water partition coefficient (Wildman–Crippen LogP) is 4.67. The average Bonchev–Trinajstić information content (AvgIpc) is 2.99. The number of imide groups is 1. The van der Waals surface area contributed by atoms with Crippen molar-refractivity contribution in [3.63, 3.8) is 0 Å². The van der Waals surface area contributed by atoms with Crippen LogP contribution in [0.2, 0.25) is 0 Å². The molecule has 2 aromatic rings. The van der Waals surface area contributed by atoms with Gasteiger partial charge in [-0.25, -0.2) is 4.39 Å². The Morgan fingerprint density at radius 3 is 2.68 bits per heavy atom. The van der Waals surface area contributed by atoms with E-state index in [9.17, 15) is 18.8 Å². The van der Waals surface area contributed by atoms with Crippen molar-refractivity contribution in [2.75, 3.05) is 25.6 Å². The van der Waals surface area contributed by atoms with Crippen LogP contribution < -0.4 is 14.8 Å². The summed E-state index contributed by atoms with van der Waals surface area (Å²) in [5, 5.41) is 1.77. The minimum atomic E-state index is -0.682. The number of anilines is 1. The third kappa shape index (κ3) is 5.26. The molecule has 1 N–H and O–H groups in total. The average molecular weight is 509 g/mol. The lowest BCUT2D eigenvalue weighted by Crippen LogP contribution is -2.36. The van der Waals surface area contributed by atoms with E-state index >= 15 is 0 Å². The number of hydrogen-bond acceptors (Lipinski definition) is 6. The van der Waals surface area contributed by atoms with Crippen LogP contribution in [0.4, 0.5) is 14.9 Å². The Hall–Kier alpha value is -2.85. The largest absolute Gasteiger partial charge is 0.493 e. The number of nitrogens with one attached hydrogen (secondary N) is 1. The molecular formula is C21H18BrFN2O5S. The number of amides is 3. The van der Waals surface area contributed by atoms with Gasteiger partial charge in [-0.2, -0.15) is 0 Å². The van der Waals surface area contributed by atoms with Crippen LogP contribution in [0, 0.1) is 5.82 Å². The maximum Gasteiger partial charge on any atom is 0.294 e. The second kappa shape index (κ2) is 9.97. The number of nitrogens with zero attached hydrogens (tertiary/aromatic N) is 1. The Morgan fingerprint density at radius 2 is 2.00 bits per heavy atom. The van der Waals surface area contributed by atoms with E-state index in [1.54, 1.807) is 18.2 Å². The van der Waals surface area contributed by atoms with Crippen LogP contribution >= 0.6 is 27.7 Å². The number of thioether (sulfide) groups is 1. The first kappa shape index (κ1) is 22.8. The van der Waals surface area contributed by atoms with E-state index in [-0.39, 0.29) is 10.6 Å². The van der Waals surface area contributed by atoms with E-state index in [0.717, 1.165) is 16.7 Å². The van der Waals surface area contributed by atoms with Crippen molar-refractivity contribution >= 4 is 56.5 Å². The standard InChI is InChI=1S/C21H18BrFN2O5S/c1-3-30-17-8-12(13(22)10-16(17)29-2)9-18-20(27)25(21(28)31-18)11-19(26)24-15-7-5-4-6-14(15)23/h4-10H,3,11H2,1-2H3,(H,24,26)/b18-9-. The van der Waals surface area contributed by atoms with Gasteiger partial charge in [0.15, 0.2) is 11.5 Å². The lowest BCUT2D eigenvalue weighted by Gasteiger charge is -2.13. The lowest BCUT2D eigenvalue weighted by molar-refractivity contribution is -0.127. The summed E-state index contributed by atoms with van der Waals surface area (Å²) in [4.78, 5) is 38.2. The third-order valence-electron chi connectivity index (χ3n) is 4.19. The molecule has 0 spiro atoms. The molecule has 0 saturated carbocycles. The van der Waals surface area contributed by atoms with Gasteiger partial charge in [-0.15, -0.1) is 0 Å². The molecule has 1 aliphatic rings. The van der Waals surface area contributed by atoms with Gasteiger partial charge in [0.2, 0.25) is 5.91 Å². The second-order valence-electron chi connectivity index (χ2n) is 6.25. The summed E-state index contributed by atoms with van der Waals surface area (Å²) in [6.45, 7) is 1.73. The van der Waals surface area contributed by atoms with Gasteiger partial charge >= 0.3 is 0 Å². The normalized spacial score (nSPS) is 14.8. The maximum atomic E-state index is 13.7. The fraction of sp³-hybridized carbons (Fsp3) is 0.190. The number of carbonyl (C=O) groups excluding carboxylic acids is 3. The molecule has 1 saturated heterocycles. The van der Waals surface area contributed by atoms with E-state index in [1.807, 2.05) is 6.92 Å². The van der Waals surface area contributed by atoms with Crippen LogP contribution in [0.5, 0.6) is 11.5 Å². The van der Waals surface area contributed by atoms with E-state index in [2.05, 4.69) is 21.2 Å². The Bertz CT molecular complexity index is 1080. The first-order valence-corrected chi connectivity index (χ1v) is 10.7. The van der Waals surface area contributed by atoms with Crippen molar-refractivity contribution in [1.29, 1.82) is 0 Å². The summed E-state index contributed by atoms with van der Waals surface area (Å²) in [6.07, 6.45) is 1.53. The minimum absolute atomic E-state index is 0.0272. The van der Waals surface area contributed by atoms with E-state index in [0.29, 0.717) is 28.1 Å². The van der Waals surface area contributed by atoms with Gasteiger partial charge in [-0.3, -0.25) is 19.3 Å². The van der Waals surface area contributed by atoms with Crippen LogP contribution in [-0.2, 0) is 9.59 Å². The highest BCUT2D eigenvalue weighted by atomic mass is 79.9. The summed E-state index contributed by atoms with van der Waals surface area (Å²) in [7, 11) is 1.52. The monoisotopic (exact) mass is 508 g/mol. The van der Waals surface area contributed by atoms with Crippen molar-refractivity contribution in [1.82, 2.24) is 4.90 Å². The first-order chi connectivity index (χ1) is 14.8. The summed E-state index contributed by atoms with van der Waals surface area (Å²) < 4.78 is 25.2. The molecule has 0 atom stereocenters. The molecule has 1 fully saturated rings. The zero-order chi connectivity index (χ0) is 22.5. The number of ether oxygens (including phenoxy) is 2. The van der Waals surface area contributed by atoms with Gasteiger partial charge in [-0.05, 0) is 54.6 Å². The fourth-order valence-corrected chi connectivity index (χ4v) is 4.03. The highest BCUT2D eigenvalue weighted by Crippen LogP contribution is 2.38. The first-order valence-electron chi connectivity index (χ1n) is 9.14. The van der Waals surface area contributed by atoms with Crippen LogP contribution in [0.3, 0.4) is 0 Å². The fourth-order valence-electron chi connectivity index (χ4n) is 2.76. The summed E-state index contributed by atoms with van der Waals surface area (Å²) in [5.74, 6) is -0.900. The molecule has 0 aromatic heterocycles. The SMILES string of the molecule is CCOc1cc(/C=C2\SC(=O)N(CC(=O)Nc3ccccc3F)C2=O)c(Br)cc1OC. The van der Waals surface area contributed by atoms with Gasteiger partial charge in [-0.1, -0.05) is 28.1 Å². The molecule has 0 bridgehead atoms. The van der Waals surface area contributed by atoms with Gasteiger partial charge in [0.05, 0.1) is 24.3 Å². The van der Waals surface area contributed by atoms with Crippen molar-refractivity contribution in [3.8, 4) is 11.5 Å². The third-order valence-corrected chi connectivity index (χ3v) is 5.79. The van der Waals surface area contributed by atoms with E-state index < -0.39 is 29.4 Å². The molecule has 3 rings (SSSR count). The topological polar surface area (TPSA) is 84.9 Å². The van der Waals surface area contributed by atoms with Crippen molar-refractivity contribution in [3.05, 3.63) is 57.2 Å². The molecule has 31 heavy (non-hydrogen) atoms.